The summed E-state index contributed by atoms with van der Waals surface area (Å²) in [6.45, 7) is 2.93. The Kier molecular flexibility index (Phi) is 2.97. The van der Waals surface area contributed by atoms with Crippen LogP contribution < -0.4 is 5.32 Å². The van der Waals surface area contributed by atoms with Gasteiger partial charge in [-0.3, -0.25) is 4.99 Å². The van der Waals surface area contributed by atoms with Gasteiger partial charge in [0, 0.05) is 13.0 Å². The molecule has 1 atom stereocenters. The maximum atomic E-state index is 5.22. The Balaban J connectivity index is 2.36. The molecule has 2 heteroatoms. The number of hydrogen-bond donors (Lipinski definition) is 1. The molecule has 0 fully saturated rings. The first-order valence-corrected chi connectivity index (χ1v) is 4.09. The molecule has 0 radical (unpaired) electrons. The van der Waals surface area contributed by atoms with E-state index in [-0.39, 0.29) is 6.04 Å². The molecule has 1 unspecified atom stereocenters. The quantitative estimate of drug-likeness (QED) is 0.558. The number of nitrogens with one attached hydrogen (secondary N) is 1. The average molecular weight is 150 g/mol. The summed E-state index contributed by atoms with van der Waals surface area (Å²) in [6.07, 6.45) is 8.74. The predicted molar refractivity (Wildman–Crippen MR) is 47.6 cm³/mol. The highest BCUT2D eigenvalue weighted by molar-refractivity contribution is 5.83. The van der Waals surface area contributed by atoms with Crippen molar-refractivity contribution in [2.45, 2.75) is 32.2 Å². The lowest BCUT2D eigenvalue weighted by Gasteiger charge is -2.15. The third-order valence-corrected chi connectivity index (χ3v) is 1.76. The molecule has 0 saturated carbocycles. The second-order valence-corrected chi connectivity index (χ2v) is 2.82. The zero-order chi connectivity index (χ0) is 8.10. The molecular weight excluding hydrogens is 136 g/mol. The summed E-state index contributed by atoms with van der Waals surface area (Å²) in [4.78, 5) is 4.33. The van der Waals surface area contributed by atoms with E-state index in [9.17, 15) is 0 Å². The Bertz CT molecular complexity index is 188. The van der Waals surface area contributed by atoms with Gasteiger partial charge in [0.25, 0.3) is 0 Å². The summed E-state index contributed by atoms with van der Waals surface area (Å²) in [6, 6.07) is 0.117. The Morgan fingerprint density at radius 1 is 1.64 bits per heavy atom. The lowest BCUT2D eigenvalue weighted by molar-refractivity contribution is 0.694. The van der Waals surface area contributed by atoms with Crippen molar-refractivity contribution >= 4 is 5.84 Å². The predicted octanol–water partition coefficient (Wildman–Crippen LogP) is 1.18. The summed E-state index contributed by atoms with van der Waals surface area (Å²) in [5.41, 5.74) is 0. The minimum atomic E-state index is 0.117. The summed E-state index contributed by atoms with van der Waals surface area (Å²) in [7, 11) is 0. The van der Waals surface area contributed by atoms with E-state index in [4.69, 9.17) is 6.42 Å². The molecule has 0 aromatic heterocycles. The van der Waals surface area contributed by atoms with E-state index >= 15 is 0 Å². The minimum absolute atomic E-state index is 0.117. The second kappa shape index (κ2) is 4.02. The number of amidine groups is 1. The Labute approximate surface area is 68.1 Å². The van der Waals surface area contributed by atoms with Crippen LogP contribution >= 0.6 is 0 Å². The molecule has 0 amide bonds. The van der Waals surface area contributed by atoms with Gasteiger partial charge in [-0.2, -0.15) is 0 Å². The molecule has 1 heterocycles. The Morgan fingerprint density at radius 2 is 2.45 bits per heavy atom. The lowest BCUT2D eigenvalue weighted by atomic mass is 10.1. The van der Waals surface area contributed by atoms with Crippen molar-refractivity contribution < 1.29 is 0 Å². The minimum Gasteiger partial charge on any atom is -0.361 e. The van der Waals surface area contributed by atoms with Crippen LogP contribution in [0.5, 0.6) is 0 Å². The molecule has 0 aromatic carbocycles. The summed E-state index contributed by atoms with van der Waals surface area (Å²) < 4.78 is 0. The average Bonchev–Trinajstić information content (AvgIpc) is 2.06. The zero-order valence-electron chi connectivity index (χ0n) is 6.93. The fourth-order valence-electron chi connectivity index (χ4n) is 1.11. The van der Waals surface area contributed by atoms with E-state index in [1.807, 2.05) is 6.92 Å². The van der Waals surface area contributed by atoms with Gasteiger partial charge in [0.1, 0.15) is 0 Å². The molecule has 2 nitrogen and oxygen atoms in total. The van der Waals surface area contributed by atoms with E-state index in [0.717, 1.165) is 18.8 Å². The number of rotatable bonds is 1. The van der Waals surface area contributed by atoms with Gasteiger partial charge in [-0.05, 0) is 19.8 Å². The molecule has 0 bridgehead atoms. The summed E-state index contributed by atoms with van der Waals surface area (Å²) >= 11 is 0. The van der Waals surface area contributed by atoms with Crippen molar-refractivity contribution in [3.8, 4) is 12.3 Å². The van der Waals surface area contributed by atoms with Gasteiger partial charge < -0.3 is 5.32 Å². The summed E-state index contributed by atoms with van der Waals surface area (Å²) in [5, 5.41) is 3.18. The van der Waals surface area contributed by atoms with Crippen LogP contribution in [0.3, 0.4) is 0 Å². The molecule has 1 rings (SSSR count). The third-order valence-electron chi connectivity index (χ3n) is 1.76. The first-order chi connectivity index (χ1) is 5.33. The van der Waals surface area contributed by atoms with Gasteiger partial charge in [-0.1, -0.05) is 5.92 Å². The number of nitrogens with zero attached hydrogens (tertiary/aromatic N) is 1. The van der Waals surface area contributed by atoms with E-state index in [0.29, 0.717) is 0 Å². The van der Waals surface area contributed by atoms with Gasteiger partial charge in [0.15, 0.2) is 0 Å². The Morgan fingerprint density at radius 3 is 3.00 bits per heavy atom. The zero-order valence-corrected chi connectivity index (χ0v) is 6.93. The lowest BCUT2D eigenvalue weighted by Crippen LogP contribution is -2.32. The van der Waals surface area contributed by atoms with Crippen LogP contribution in [0, 0.1) is 12.3 Å². The van der Waals surface area contributed by atoms with Gasteiger partial charge in [-0.15, -0.1) is 6.42 Å². The van der Waals surface area contributed by atoms with Crippen LogP contribution in [0.1, 0.15) is 26.2 Å². The fourth-order valence-corrected chi connectivity index (χ4v) is 1.11. The van der Waals surface area contributed by atoms with Crippen LogP contribution in [-0.2, 0) is 0 Å². The number of hydrogen-bond acceptors (Lipinski definition) is 2. The van der Waals surface area contributed by atoms with E-state index in [2.05, 4.69) is 16.2 Å². The van der Waals surface area contributed by atoms with Crippen LogP contribution in [0.25, 0.3) is 0 Å². The van der Waals surface area contributed by atoms with Crippen LogP contribution in [0.15, 0.2) is 4.99 Å². The smallest absolute Gasteiger partial charge is 0.0972 e. The molecule has 1 aliphatic rings. The van der Waals surface area contributed by atoms with E-state index in [1.165, 1.54) is 12.8 Å². The molecule has 0 aliphatic carbocycles. The maximum Gasteiger partial charge on any atom is 0.0972 e. The van der Waals surface area contributed by atoms with Gasteiger partial charge >= 0.3 is 0 Å². The number of aliphatic imine (C=N–C) groups is 1. The maximum absolute atomic E-state index is 5.22. The van der Waals surface area contributed by atoms with Crippen molar-refractivity contribution in [2.24, 2.45) is 4.99 Å². The van der Waals surface area contributed by atoms with Gasteiger partial charge in [0.2, 0.25) is 0 Å². The SMILES string of the molecule is C#CC(C)NC1=NCCCC1. The van der Waals surface area contributed by atoms with Crippen LogP contribution in [0.4, 0.5) is 0 Å². The highest BCUT2D eigenvalue weighted by Gasteiger charge is 2.05. The first-order valence-electron chi connectivity index (χ1n) is 4.09. The number of terminal acetylenes is 1. The van der Waals surface area contributed by atoms with Crippen molar-refractivity contribution in [1.29, 1.82) is 0 Å². The van der Waals surface area contributed by atoms with Crippen LogP contribution in [0.2, 0.25) is 0 Å². The van der Waals surface area contributed by atoms with Crippen molar-refractivity contribution in [3.63, 3.8) is 0 Å². The highest BCUT2D eigenvalue weighted by Crippen LogP contribution is 2.04. The second-order valence-electron chi connectivity index (χ2n) is 2.82. The van der Waals surface area contributed by atoms with Crippen molar-refractivity contribution in [1.82, 2.24) is 5.32 Å². The van der Waals surface area contributed by atoms with Gasteiger partial charge in [0.05, 0.1) is 11.9 Å². The Hall–Kier alpha value is -0.970. The van der Waals surface area contributed by atoms with Gasteiger partial charge in [-0.25, -0.2) is 0 Å². The molecule has 11 heavy (non-hydrogen) atoms. The van der Waals surface area contributed by atoms with E-state index < -0.39 is 0 Å². The largest absolute Gasteiger partial charge is 0.361 e. The molecule has 60 valence electrons. The topological polar surface area (TPSA) is 24.4 Å². The van der Waals surface area contributed by atoms with Crippen LogP contribution in [-0.4, -0.2) is 18.4 Å². The van der Waals surface area contributed by atoms with Crippen molar-refractivity contribution in [2.75, 3.05) is 6.54 Å². The molecular formula is C9H14N2. The summed E-state index contributed by atoms with van der Waals surface area (Å²) in [5.74, 6) is 3.71. The van der Waals surface area contributed by atoms with Crippen molar-refractivity contribution in [3.05, 3.63) is 0 Å². The van der Waals surface area contributed by atoms with E-state index in [1.54, 1.807) is 0 Å². The third kappa shape index (κ3) is 2.63. The monoisotopic (exact) mass is 150 g/mol. The molecule has 1 aliphatic heterocycles. The fraction of sp³-hybridized carbons (Fsp3) is 0.667. The molecule has 1 N–H and O–H groups in total. The highest BCUT2D eigenvalue weighted by atomic mass is 15.0. The molecule has 0 aromatic rings. The normalized spacial score (nSPS) is 19.8. The molecule has 0 saturated heterocycles. The first kappa shape index (κ1) is 8.13. The standard InChI is InChI=1S/C9H14N2/c1-3-8(2)11-9-6-4-5-7-10-9/h1,8H,4-7H2,2H3,(H,10,11). The molecule has 0 spiro atoms.